The van der Waals surface area contributed by atoms with Crippen LogP contribution < -0.4 is 9.46 Å². The van der Waals surface area contributed by atoms with Crippen molar-refractivity contribution >= 4 is 27.5 Å². The number of rotatable bonds is 6. The summed E-state index contributed by atoms with van der Waals surface area (Å²) in [5.41, 5.74) is 1.15. The molecule has 2 aromatic rings. The monoisotopic (exact) mass is 353 g/mol. The van der Waals surface area contributed by atoms with E-state index in [1.54, 1.807) is 12.1 Å². The number of sulfonamides is 1. The summed E-state index contributed by atoms with van der Waals surface area (Å²) in [5, 5.41) is 0.411. The fourth-order valence-corrected chi connectivity index (χ4v) is 2.92. The van der Waals surface area contributed by atoms with Gasteiger partial charge in [0.1, 0.15) is 5.75 Å². The Kier molecular flexibility index (Phi) is 5.63. The highest BCUT2D eigenvalue weighted by Crippen LogP contribution is 2.14. The lowest BCUT2D eigenvalue weighted by molar-refractivity contribution is -0.121. The van der Waals surface area contributed by atoms with Crippen molar-refractivity contribution in [3.05, 3.63) is 59.1 Å². The summed E-state index contributed by atoms with van der Waals surface area (Å²) in [4.78, 5) is 11.7. The molecule has 0 saturated carbocycles. The molecular weight excluding hydrogens is 338 g/mol. The number of carbonyl (C=O) groups is 1. The molecule has 2 rings (SSSR count). The maximum Gasteiger partial charge on any atom is 0.271 e. The zero-order chi connectivity index (χ0) is 16.9. The molecule has 0 aliphatic rings. The highest BCUT2D eigenvalue weighted by atomic mass is 35.5. The van der Waals surface area contributed by atoms with Gasteiger partial charge in [-0.3, -0.25) is 4.79 Å². The van der Waals surface area contributed by atoms with E-state index in [1.165, 1.54) is 24.3 Å². The molecule has 1 amide bonds. The van der Waals surface area contributed by atoms with Crippen LogP contribution in [0.4, 0.5) is 0 Å². The maximum absolute atomic E-state index is 12.0. The van der Waals surface area contributed by atoms with Gasteiger partial charge in [0.15, 0.2) is 6.61 Å². The van der Waals surface area contributed by atoms with Gasteiger partial charge in [0.25, 0.3) is 15.9 Å². The Hall–Kier alpha value is -2.05. The summed E-state index contributed by atoms with van der Waals surface area (Å²) in [6.07, 6.45) is 0.903. The summed E-state index contributed by atoms with van der Waals surface area (Å²) in [6.45, 7) is 1.64. The normalized spacial score (nSPS) is 11.0. The Morgan fingerprint density at radius 2 is 1.70 bits per heavy atom. The van der Waals surface area contributed by atoms with Crippen molar-refractivity contribution in [1.82, 2.24) is 4.72 Å². The first-order valence-electron chi connectivity index (χ1n) is 6.93. The van der Waals surface area contributed by atoms with Gasteiger partial charge < -0.3 is 4.74 Å². The third-order valence-corrected chi connectivity index (χ3v) is 4.71. The first-order valence-corrected chi connectivity index (χ1v) is 8.80. The van der Waals surface area contributed by atoms with E-state index in [0.717, 1.165) is 12.0 Å². The zero-order valence-corrected chi connectivity index (χ0v) is 14.0. The predicted octanol–water partition coefficient (Wildman–Crippen LogP) is 2.79. The fraction of sp³-hybridized carbons (Fsp3) is 0.188. The van der Waals surface area contributed by atoms with Crippen LogP contribution in [-0.4, -0.2) is 20.9 Å². The standard InChI is InChI=1S/C16H16ClNO4S/c1-2-12-3-7-14(8-4-12)22-11-16(19)18-23(20,21)15-9-5-13(17)6-10-15/h3-10H,2,11H2,1H3,(H,18,19). The number of nitrogens with one attached hydrogen (secondary N) is 1. The molecule has 0 spiro atoms. The van der Waals surface area contributed by atoms with Gasteiger partial charge in [0.2, 0.25) is 0 Å². The first-order chi connectivity index (χ1) is 10.9. The zero-order valence-electron chi connectivity index (χ0n) is 12.5. The third-order valence-electron chi connectivity index (χ3n) is 3.07. The van der Waals surface area contributed by atoms with E-state index in [9.17, 15) is 13.2 Å². The minimum Gasteiger partial charge on any atom is -0.484 e. The third kappa shape index (κ3) is 4.97. The molecule has 7 heteroatoms. The highest BCUT2D eigenvalue weighted by Gasteiger charge is 2.17. The lowest BCUT2D eigenvalue weighted by Crippen LogP contribution is -2.34. The summed E-state index contributed by atoms with van der Waals surface area (Å²) in [6, 6.07) is 12.8. The molecule has 0 heterocycles. The number of halogens is 1. The predicted molar refractivity (Wildman–Crippen MR) is 88.1 cm³/mol. The van der Waals surface area contributed by atoms with Crippen LogP contribution in [0.1, 0.15) is 12.5 Å². The number of amides is 1. The van der Waals surface area contributed by atoms with Crippen LogP contribution in [0, 0.1) is 0 Å². The Morgan fingerprint density at radius 3 is 2.26 bits per heavy atom. The Bertz CT molecular complexity index is 771. The molecule has 0 saturated heterocycles. The topological polar surface area (TPSA) is 72.5 Å². The number of ether oxygens (including phenoxy) is 1. The van der Waals surface area contributed by atoms with E-state index >= 15 is 0 Å². The smallest absolute Gasteiger partial charge is 0.271 e. The molecule has 1 N–H and O–H groups in total. The van der Waals surface area contributed by atoms with E-state index in [1.807, 2.05) is 23.8 Å². The summed E-state index contributed by atoms with van der Waals surface area (Å²) in [5.74, 6) is -0.249. The molecule has 122 valence electrons. The van der Waals surface area contributed by atoms with E-state index in [-0.39, 0.29) is 4.90 Å². The Labute approximate surface area is 140 Å². The van der Waals surface area contributed by atoms with E-state index in [4.69, 9.17) is 16.3 Å². The van der Waals surface area contributed by atoms with Crippen molar-refractivity contribution in [2.45, 2.75) is 18.2 Å². The van der Waals surface area contributed by atoms with Crippen molar-refractivity contribution in [3.63, 3.8) is 0 Å². The first kappa shape index (κ1) is 17.3. The van der Waals surface area contributed by atoms with E-state index < -0.39 is 22.5 Å². The summed E-state index contributed by atoms with van der Waals surface area (Å²) in [7, 11) is -3.93. The van der Waals surface area contributed by atoms with Crippen LogP contribution in [0.25, 0.3) is 0 Å². The van der Waals surface area contributed by atoms with Crippen molar-refractivity contribution in [2.75, 3.05) is 6.61 Å². The molecule has 0 aliphatic carbocycles. The summed E-state index contributed by atoms with van der Waals surface area (Å²) < 4.78 is 31.3. The van der Waals surface area contributed by atoms with Gasteiger partial charge >= 0.3 is 0 Å². The molecule has 0 unspecified atom stereocenters. The molecule has 0 bridgehead atoms. The Morgan fingerprint density at radius 1 is 1.09 bits per heavy atom. The van der Waals surface area contributed by atoms with Crippen LogP contribution >= 0.6 is 11.6 Å². The van der Waals surface area contributed by atoms with Gasteiger partial charge in [-0.1, -0.05) is 30.7 Å². The molecule has 0 radical (unpaired) electrons. The molecular formula is C16H16ClNO4S. The average molecular weight is 354 g/mol. The van der Waals surface area contributed by atoms with Gasteiger partial charge in [-0.05, 0) is 48.4 Å². The van der Waals surface area contributed by atoms with Gasteiger partial charge in [-0.25, -0.2) is 13.1 Å². The lowest BCUT2D eigenvalue weighted by Gasteiger charge is -2.09. The molecule has 0 aliphatic heterocycles. The van der Waals surface area contributed by atoms with E-state index in [0.29, 0.717) is 10.8 Å². The number of aryl methyl sites for hydroxylation is 1. The minimum absolute atomic E-state index is 0.0393. The SMILES string of the molecule is CCc1ccc(OCC(=O)NS(=O)(=O)c2ccc(Cl)cc2)cc1. The van der Waals surface area contributed by atoms with Gasteiger partial charge in [0, 0.05) is 5.02 Å². The van der Waals surface area contributed by atoms with Gasteiger partial charge in [-0.15, -0.1) is 0 Å². The average Bonchev–Trinajstić information content (AvgIpc) is 2.53. The molecule has 0 atom stereocenters. The van der Waals surface area contributed by atoms with Crippen molar-refractivity contribution in [1.29, 1.82) is 0 Å². The van der Waals surface area contributed by atoms with Crippen molar-refractivity contribution in [2.24, 2.45) is 0 Å². The molecule has 0 fully saturated rings. The second-order valence-electron chi connectivity index (χ2n) is 4.77. The summed E-state index contributed by atoms with van der Waals surface area (Å²) >= 11 is 5.70. The second kappa shape index (κ2) is 7.48. The quantitative estimate of drug-likeness (QED) is 0.866. The largest absolute Gasteiger partial charge is 0.484 e. The molecule has 2 aromatic carbocycles. The van der Waals surface area contributed by atoms with Gasteiger partial charge in [-0.2, -0.15) is 0 Å². The highest BCUT2D eigenvalue weighted by molar-refractivity contribution is 7.90. The Balaban J connectivity index is 1.94. The van der Waals surface area contributed by atoms with Crippen LogP contribution in [0.5, 0.6) is 5.75 Å². The number of hydrogen-bond acceptors (Lipinski definition) is 4. The molecule has 23 heavy (non-hydrogen) atoms. The van der Waals surface area contributed by atoms with Crippen LogP contribution in [-0.2, 0) is 21.2 Å². The molecule has 5 nitrogen and oxygen atoms in total. The van der Waals surface area contributed by atoms with Crippen molar-refractivity contribution < 1.29 is 17.9 Å². The van der Waals surface area contributed by atoms with Crippen molar-refractivity contribution in [3.8, 4) is 5.75 Å². The number of carbonyl (C=O) groups excluding carboxylic acids is 1. The second-order valence-corrected chi connectivity index (χ2v) is 6.89. The van der Waals surface area contributed by atoms with Crippen LogP contribution in [0.2, 0.25) is 5.02 Å². The van der Waals surface area contributed by atoms with E-state index in [2.05, 4.69) is 0 Å². The number of benzene rings is 2. The van der Waals surface area contributed by atoms with Crippen LogP contribution in [0.15, 0.2) is 53.4 Å². The fourth-order valence-electron chi connectivity index (χ4n) is 1.82. The maximum atomic E-state index is 12.0. The van der Waals surface area contributed by atoms with Gasteiger partial charge in [0.05, 0.1) is 4.90 Å². The lowest BCUT2D eigenvalue weighted by atomic mass is 10.2. The minimum atomic E-state index is -3.93. The number of hydrogen-bond donors (Lipinski definition) is 1. The molecule has 0 aromatic heterocycles. The van der Waals surface area contributed by atoms with Crippen LogP contribution in [0.3, 0.4) is 0 Å².